The van der Waals surface area contributed by atoms with Crippen molar-refractivity contribution in [2.24, 2.45) is 5.92 Å². The highest BCUT2D eigenvalue weighted by Crippen LogP contribution is 2.19. The molecular formula is C19H22FN3O3. The van der Waals surface area contributed by atoms with Crippen LogP contribution in [0.15, 0.2) is 35.1 Å². The van der Waals surface area contributed by atoms with E-state index < -0.39 is 17.2 Å². The summed E-state index contributed by atoms with van der Waals surface area (Å²) in [6, 6.07) is 7.39. The molecule has 0 spiro atoms. The van der Waals surface area contributed by atoms with Gasteiger partial charge in [0.15, 0.2) is 5.69 Å². The zero-order valence-corrected chi connectivity index (χ0v) is 14.9. The van der Waals surface area contributed by atoms with E-state index in [0.29, 0.717) is 24.8 Å². The third-order valence-corrected chi connectivity index (χ3v) is 4.55. The first-order valence-electron chi connectivity index (χ1n) is 8.71. The van der Waals surface area contributed by atoms with E-state index in [2.05, 4.69) is 10.4 Å². The van der Waals surface area contributed by atoms with Crippen LogP contribution in [0.1, 0.15) is 35.9 Å². The normalized spacial score (nSPS) is 20.0. The Kier molecular flexibility index (Phi) is 5.46. The SMILES string of the molecule is Cc1cc(=O)c(C(=O)NC[C@H]2CCO[C@H](C)C2)nn1-c1ccccc1F. The van der Waals surface area contributed by atoms with Crippen molar-refractivity contribution < 1.29 is 13.9 Å². The zero-order chi connectivity index (χ0) is 18.7. The van der Waals surface area contributed by atoms with Crippen LogP contribution in [0.2, 0.25) is 0 Å². The molecule has 1 aromatic carbocycles. The van der Waals surface area contributed by atoms with Gasteiger partial charge in [-0.3, -0.25) is 9.59 Å². The lowest BCUT2D eigenvalue weighted by Crippen LogP contribution is -2.37. The molecular weight excluding hydrogens is 337 g/mol. The number of aromatic nitrogens is 2. The van der Waals surface area contributed by atoms with Crippen molar-refractivity contribution in [3.63, 3.8) is 0 Å². The molecule has 0 saturated carbocycles. The number of carbonyl (C=O) groups is 1. The summed E-state index contributed by atoms with van der Waals surface area (Å²) < 4.78 is 20.8. The second-order valence-corrected chi connectivity index (χ2v) is 6.64. The second-order valence-electron chi connectivity index (χ2n) is 6.64. The van der Waals surface area contributed by atoms with E-state index in [-0.39, 0.29) is 17.5 Å². The Balaban J connectivity index is 1.81. The van der Waals surface area contributed by atoms with Crippen molar-refractivity contribution in [1.29, 1.82) is 0 Å². The van der Waals surface area contributed by atoms with Crippen LogP contribution in [-0.4, -0.2) is 34.9 Å². The van der Waals surface area contributed by atoms with Crippen LogP contribution in [0.3, 0.4) is 0 Å². The minimum Gasteiger partial charge on any atom is -0.378 e. The van der Waals surface area contributed by atoms with Crippen LogP contribution in [0.25, 0.3) is 5.69 Å². The van der Waals surface area contributed by atoms with Crippen LogP contribution >= 0.6 is 0 Å². The molecule has 7 heteroatoms. The lowest BCUT2D eigenvalue weighted by atomic mass is 9.96. The molecule has 6 nitrogen and oxygen atoms in total. The number of para-hydroxylation sites is 1. The highest BCUT2D eigenvalue weighted by Gasteiger charge is 2.22. The highest BCUT2D eigenvalue weighted by molar-refractivity contribution is 5.92. The fourth-order valence-corrected chi connectivity index (χ4v) is 3.17. The predicted octanol–water partition coefficient (Wildman–Crippen LogP) is 2.22. The van der Waals surface area contributed by atoms with E-state index in [1.54, 1.807) is 25.1 Å². The van der Waals surface area contributed by atoms with Crippen LogP contribution in [-0.2, 0) is 4.74 Å². The van der Waals surface area contributed by atoms with Gasteiger partial charge >= 0.3 is 0 Å². The van der Waals surface area contributed by atoms with E-state index in [9.17, 15) is 14.0 Å². The minimum absolute atomic E-state index is 0.168. The highest BCUT2D eigenvalue weighted by atomic mass is 19.1. The quantitative estimate of drug-likeness (QED) is 0.909. The van der Waals surface area contributed by atoms with Crippen molar-refractivity contribution >= 4 is 5.91 Å². The van der Waals surface area contributed by atoms with Gasteiger partial charge in [0, 0.05) is 24.9 Å². The maximum Gasteiger partial charge on any atom is 0.275 e. The van der Waals surface area contributed by atoms with E-state index in [0.717, 1.165) is 12.8 Å². The van der Waals surface area contributed by atoms with Gasteiger partial charge < -0.3 is 10.1 Å². The lowest BCUT2D eigenvalue weighted by molar-refractivity contribution is 0.00300. The standard InChI is InChI=1S/C19H22FN3O3/c1-12-9-17(24)18(22-23(12)16-6-4-3-5-15(16)20)19(25)21-11-14-7-8-26-13(2)10-14/h3-6,9,13-14H,7-8,10-11H2,1-2H3,(H,21,25)/t13-,14+/m1/s1. The second kappa shape index (κ2) is 7.78. The van der Waals surface area contributed by atoms with Gasteiger partial charge in [-0.2, -0.15) is 5.10 Å². The molecule has 0 bridgehead atoms. The van der Waals surface area contributed by atoms with Gasteiger partial charge in [-0.05, 0) is 44.7 Å². The average Bonchev–Trinajstić information content (AvgIpc) is 2.61. The molecule has 138 valence electrons. The molecule has 0 aliphatic carbocycles. The van der Waals surface area contributed by atoms with E-state index >= 15 is 0 Å². The first kappa shape index (κ1) is 18.3. The summed E-state index contributed by atoms with van der Waals surface area (Å²) in [5, 5.41) is 6.89. The number of halogens is 1. The number of carbonyl (C=O) groups excluding carboxylic acids is 1. The van der Waals surface area contributed by atoms with Crippen molar-refractivity contribution in [2.45, 2.75) is 32.8 Å². The summed E-state index contributed by atoms with van der Waals surface area (Å²) in [7, 11) is 0. The molecule has 3 rings (SSSR count). The molecule has 1 aromatic heterocycles. The van der Waals surface area contributed by atoms with Crippen LogP contribution in [0, 0.1) is 18.7 Å². The summed E-state index contributed by atoms with van der Waals surface area (Å²) in [6.45, 7) is 4.78. The number of aryl methyl sites for hydroxylation is 1. The van der Waals surface area contributed by atoms with Crippen molar-refractivity contribution in [3.05, 3.63) is 57.8 Å². The maximum absolute atomic E-state index is 14.1. The Morgan fingerprint density at radius 2 is 2.19 bits per heavy atom. The van der Waals surface area contributed by atoms with Gasteiger partial charge in [-0.1, -0.05) is 12.1 Å². The molecule has 1 fully saturated rings. The minimum atomic E-state index is -0.542. The number of amides is 1. The number of benzene rings is 1. The van der Waals surface area contributed by atoms with Crippen LogP contribution < -0.4 is 10.7 Å². The fraction of sp³-hybridized carbons (Fsp3) is 0.421. The Morgan fingerprint density at radius 1 is 1.42 bits per heavy atom. The molecule has 1 amide bonds. The van der Waals surface area contributed by atoms with Crippen molar-refractivity contribution in [2.75, 3.05) is 13.2 Å². The summed E-state index contributed by atoms with van der Waals surface area (Å²) in [5.41, 5.74) is -0.0703. The third-order valence-electron chi connectivity index (χ3n) is 4.55. The summed E-state index contributed by atoms with van der Waals surface area (Å²) in [6.07, 6.45) is 1.90. The Labute approximate surface area is 151 Å². The number of nitrogens with one attached hydrogen (secondary N) is 1. The van der Waals surface area contributed by atoms with Gasteiger partial charge in [0.05, 0.1) is 6.10 Å². The number of ether oxygens (including phenoxy) is 1. The van der Waals surface area contributed by atoms with Crippen molar-refractivity contribution in [1.82, 2.24) is 15.1 Å². The smallest absolute Gasteiger partial charge is 0.275 e. The first-order valence-corrected chi connectivity index (χ1v) is 8.71. The Bertz CT molecular complexity index is 865. The number of hydrogen-bond donors (Lipinski definition) is 1. The molecule has 1 aliphatic rings. The molecule has 2 atom stereocenters. The zero-order valence-electron chi connectivity index (χ0n) is 14.9. The van der Waals surface area contributed by atoms with E-state index in [1.807, 2.05) is 6.92 Å². The summed E-state index contributed by atoms with van der Waals surface area (Å²) >= 11 is 0. The number of nitrogens with zero attached hydrogens (tertiary/aromatic N) is 2. The average molecular weight is 359 g/mol. The van der Waals surface area contributed by atoms with Gasteiger partial charge in [0.2, 0.25) is 5.43 Å². The Hall–Kier alpha value is -2.54. The molecule has 26 heavy (non-hydrogen) atoms. The largest absolute Gasteiger partial charge is 0.378 e. The molecule has 2 heterocycles. The molecule has 1 N–H and O–H groups in total. The lowest BCUT2D eigenvalue weighted by Gasteiger charge is -2.27. The topological polar surface area (TPSA) is 73.2 Å². The van der Waals surface area contributed by atoms with Crippen LogP contribution in [0.5, 0.6) is 0 Å². The monoisotopic (exact) mass is 359 g/mol. The summed E-state index contributed by atoms with van der Waals surface area (Å²) in [4.78, 5) is 24.7. The van der Waals surface area contributed by atoms with Gasteiger partial charge in [0.1, 0.15) is 11.5 Å². The van der Waals surface area contributed by atoms with E-state index in [4.69, 9.17) is 4.74 Å². The molecule has 1 saturated heterocycles. The van der Waals surface area contributed by atoms with Gasteiger partial charge in [-0.25, -0.2) is 9.07 Å². The summed E-state index contributed by atoms with van der Waals surface area (Å²) in [5.74, 6) is -0.713. The first-order chi connectivity index (χ1) is 12.5. The molecule has 0 radical (unpaired) electrons. The predicted molar refractivity (Wildman–Crippen MR) is 95.0 cm³/mol. The van der Waals surface area contributed by atoms with Gasteiger partial charge in [-0.15, -0.1) is 0 Å². The molecule has 2 aromatic rings. The van der Waals surface area contributed by atoms with E-state index in [1.165, 1.54) is 16.8 Å². The molecule has 1 aliphatic heterocycles. The fourth-order valence-electron chi connectivity index (χ4n) is 3.17. The maximum atomic E-state index is 14.1. The third kappa shape index (κ3) is 3.99. The van der Waals surface area contributed by atoms with Crippen LogP contribution in [0.4, 0.5) is 4.39 Å². The number of hydrogen-bond acceptors (Lipinski definition) is 4. The number of rotatable bonds is 4. The van der Waals surface area contributed by atoms with Crippen molar-refractivity contribution in [3.8, 4) is 5.69 Å². The van der Waals surface area contributed by atoms with Gasteiger partial charge in [0.25, 0.3) is 5.91 Å². The molecule has 0 unspecified atom stereocenters. The Morgan fingerprint density at radius 3 is 2.92 bits per heavy atom.